The lowest BCUT2D eigenvalue weighted by Gasteiger charge is -2.03. The molecule has 2 aromatic heterocycles. The van der Waals surface area contributed by atoms with Gasteiger partial charge in [-0.1, -0.05) is 0 Å². The lowest BCUT2D eigenvalue weighted by molar-refractivity contribution is 0.0955. The van der Waals surface area contributed by atoms with Crippen molar-refractivity contribution in [1.29, 1.82) is 0 Å². The summed E-state index contributed by atoms with van der Waals surface area (Å²) in [5, 5.41) is 8.66. The summed E-state index contributed by atoms with van der Waals surface area (Å²) >= 11 is 1.54. The predicted molar refractivity (Wildman–Crippen MR) is 65.8 cm³/mol. The SMILES string of the molecule is Cn1ncc(C(=O)NCCc2cscn2)c1N. The molecular formula is C10H13N5OS. The summed E-state index contributed by atoms with van der Waals surface area (Å²) < 4.78 is 1.47. The largest absolute Gasteiger partial charge is 0.383 e. The van der Waals surface area contributed by atoms with E-state index in [0.717, 1.165) is 12.1 Å². The molecule has 0 aliphatic carbocycles. The number of aryl methyl sites for hydroxylation is 1. The number of hydrogen-bond donors (Lipinski definition) is 2. The van der Waals surface area contributed by atoms with Gasteiger partial charge in [0.2, 0.25) is 0 Å². The number of hydrogen-bond acceptors (Lipinski definition) is 5. The monoisotopic (exact) mass is 251 g/mol. The smallest absolute Gasteiger partial charge is 0.256 e. The van der Waals surface area contributed by atoms with Crippen molar-refractivity contribution in [2.24, 2.45) is 7.05 Å². The molecule has 0 fully saturated rings. The molecule has 0 radical (unpaired) electrons. The van der Waals surface area contributed by atoms with Crippen molar-refractivity contribution in [2.45, 2.75) is 6.42 Å². The van der Waals surface area contributed by atoms with Crippen molar-refractivity contribution in [1.82, 2.24) is 20.1 Å². The molecule has 0 bridgehead atoms. The molecule has 3 N–H and O–H groups in total. The number of nitrogens with two attached hydrogens (primary N) is 1. The highest BCUT2D eigenvalue weighted by Crippen LogP contribution is 2.08. The quantitative estimate of drug-likeness (QED) is 0.825. The number of anilines is 1. The molecule has 7 heteroatoms. The Morgan fingerprint density at radius 2 is 2.47 bits per heavy atom. The predicted octanol–water partition coefficient (Wildman–Crippen LogP) is 0.431. The summed E-state index contributed by atoms with van der Waals surface area (Å²) in [6, 6.07) is 0. The van der Waals surface area contributed by atoms with Crippen LogP contribution in [0.15, 0.2) is 17.1 Å². The van der Waals surface area contributed by atoms with Gasteiger partial charge < -0.3 is 11.1 Å². The second-order valence-electron chi connectivity index (χ2n) is 3.55. The fourth-order valence-electron chi connectivity index (χ4n) is 1.38. The zero-order chi connectivity index (χ0) is 12.3. The number of rotatable bonds is 4. The van der Waals surface area contributed by atoms with E-state index >= 15 is 0 Å². The Labute approximate surface area is 102 Å². The molecular weight excluding hydrogens is 238 g/mol. The summed E-state index contributed by atoms with van der Waals surface area (Å²) in [5.41, 5.74) is 8.86. The van der Waals surface area contributed by atoms with Crippen LogP contribution in [0.25, 0.3) is 0 Å². The molecule has 90 valence electrons. The molecule has 0 aliphatic rings. The number of carbonyl (C=O) groups is 1. The van der Waals surface area contributed by atoms with Crippen LogP contribution in [0.3, 0.4) is 0 Å². The van der Waals surface area contributed by atoms with Gasteiger partial charge in [-0.25, -0.2) is 4.98 Å². The van der Waals surface area contributed by atoms with Gasteiger partial charge >= 0.3 is 0 Å². The Bertz CT molecular complexity index is 505. The minimum absolute atomic E-state index is 0.203. The zero-order valence-electron chi connectivity index (χ0n) is 9.38. The lowest BCUT2D eigenvalue weighted by atomic mass is 10.3. The number of nitrogen functional groups attached to an aromatic ring is 1. The second-order valence-corrected chi connectivity index (χ2v) is 4.27. The molecule has 0 spiro atoms. The highest BCUT2D eigenvalue weighted by atomic mass is 32.1. The number of nitrogens with zero attached hydrogens (tertiary/aromatic N) is 3. The molecule has 0 saturated heterocycles. The van der Waals surface area contributed by atoms with Gasteiger partial charge in [-0.3, -0.25) is 9.48 Å². The van der Waals surface area contributed by atoms with Gasteiger partial charge in [0.05, 0.1) is 17.4 Å². The Morgan fingerprint density at radius 1 is 1.65 bits per heavy atom. The van der Waals surface area contributed by atoms with Crippen LogP contribution in [0.2, 0.25) is 0 Å². The Morgan fingerprint density at radius 3 is 3.06 bits per heavy atom. The van der Waals surface area contributed by atoms with Crippen molar-refractivity contribution in [2.75, 3.05) is 12.3 Å². The molecule has 0 atom stereocenters. The van der Waals surface area contributed by atoms with Gasteiger partial charge in [0.1, 0.15) is 11.4 Å². The van der Waals surface area contributed by atoms with Crippen LogP contribution in [0.5, 0.6) is 0 Å². The fraction of sp³-hybridized carbons (Fsp3) is 0.300. The summed E-state index contributed by atoms with van der Waals surface area (Å²) in [4.78, 5) is 15.9. The van der Waals surface area contributed by atoms with E-state index in [2.05, 4.69) is 15.4 Å². The number of thiazole rings is 1. The highest BCUT2D eigenvalue weighted by molar-refractivity contribution is 7.07. The van der Waals surface area contributed by atoms with E-state index in [9.17, 15) is 4.79 Å². The first-order valence-corrected chi connectivity index (χ1v) is 6.05. The van der Waals surface area contributed by atoms with Crippen molar-refractivity contribution in [3.8, 4) is 0 Å². The number of nitrogens with one attached hydrogen (secondary N) is 1. The Balaban J connectivity index is 1.87. The van der Waals surface area contributed by atoms with Crippen molar-refractivity contribution in [3.05, 3.63) is 28.3 Å². The van der Waals surface area contributed by atoms with E-state index in [-0.39, 0.29) is 5.91 Å². The maximum atomic E-state index is 11.7. The molecule has 0 unspecified atom stereocenters. The molecule has 0 saturated carbocycles. The van der Waals surface area contributed by atoms with Gasteiger partial charge in [0.15, 0.2) is 0 Å². The maximum absolute atomic E-state index is 11.7. The third kappa shape index (κ3) is 2.62. The Kier molecular flexibility index (Phi) is 3.38. The van der Waals surface area contributed by atoms with E-state index in [1.165, 1.54) is 10.9 Å². The molecule has 0 aromatic carbocycles. The van der Waals surface area contributed by atoms with Crippen LogP contribution in [-0.4, -0.2) is 27.2 Å². The molecule has 0 aliphatic heterocycles. The molecule has 2 heterocycles. The summed E-state index contributed by atoms with van der Waals surface area (Å²) in [6.07, 6.45) is 2.18. The van der Waals surface area contributed by atoms with E-state index in [1.807, 2.05) is 5.38 Å². The third-order valence-electron chi connectivity index (χ3n) is 2.38. The lowest BCUT2D eigenvalue weighted by Crippen LogP contribution is -2.26. The van der Waals surface area contributed by atoms with Crippen LogP contribution in [-0.2, 0) is 13.5 Å². The molecule has 2 aromatic rings. The summed E-state index contributed by atoms with van der Waals surface area (Å²) in [6.45, 7) is 0.539. The van der Waals surface area contributed by atoms with Crippen LogP contribution < -0.4 is 11.1 Å². The average Bonchev–Trinajstić information content (AvgIpc) is 2.91. The topological polar surface area (TPSA) is 85.8 Å². The van der Waals surface area contributed by atoms with Crippen LogP contribution in [0.4, 0.5) is 5.82 Å². The average molecular weight is 251 g/mol. The number of aromatic nitrogens is 3. The number of carbonyl (C=O) groups excluding carboxylic acids is 1. The fourth-order valence-corrected chi connectivity index (χ4v) is 1.98. The van der Waals surface area contributed by atoms with Crippen LogP contribution >= 0.6 is 11.3 Å². The third-order valence-corrected chi connectivity index (χ3v) is 3.01. The van der Waals surface area contributed by atoms with E-state index in [0.29, 0.717) is 17.9 Å². The molecule has 1 amide bonds. The zero-order valence-corrected chi connectivity index (χ0v) is 10.2. The van der Waals surface area contributed by atoms with Crippen molar-refractivity contribution < 1.29 is 4.79 Å². The van der Waals surface area contributed by atoms with Gasteiger partial charge in [-0.15, -0.1) is 11.3 Å². The maximum Gasteiger partial charge on any atom is 0.256 e. The first kappa shape index (κ1) is 11.6. The van der Waals surface area contributed by atoms with Crippen molar-refractivity contribution >= 4 is 23.1 Å². The summed E-state index contributed by atoms with van der Waals surface area (Å²) in [7, 11) is 1.70. The van der Waals surface area contributed by atoms with E-state index in [4.69, 9.17) is 5.73 Å². The first-order chi connectivity index (χ1) is 8.18. The van der Waals surface area contributed by atoms with Gasteiger partial charge in [0.25, 0.3) is 5.91 Å². The van der Waals surface area contributed by atoms with E-state index in [1.54, 1.807) is 23.9 Å². The van der Waals surface area contributed by atoms with Crippen LogP contribution in [0.1, 0.15) is 16.1 Å². The molecule has 6 nitrogen and oxygen atoms in total. The normalized spacial score (nSPS) is 10.4. The summed E-state index contributed by atoms with van der Waals surface area (Å²) in [5.74, 6) is 0.169. The Hall–Kier alpha value is -1.89. The standard InChI is InChI=1S/C10H13N5OS/c1-15-9(11)8(4-14-15)10(16)12-3-2-7-5-17-6-13-7/h4-6H,2-3,11H2,1H3,(H,12,16). The first-order valence-electron chi connectivity index (χ1n) is 5.11. The van der Waals surface area contributed by atoms with E-state index < -0.39 is 0 Å². The second kappa shape index (κ2) is 4.96. The van der Waals surface area contributed by atoms with Crippen LogP contribution in [0, 0.1) is 0 Å². The molecule has 17 heavy (non-hydrogen) atoms. The van der Waals surface area contributed by atoms with Gasteiger partial charge in [-0.2, -0.15) is 5.10 Å². The van der Waals surface area contributed by atoms with Gasteiger partial charge in [0, 0.05) is 25.4 Å². The highest BCUT2D eigenvalue weighted by Gasteiger charge is 2.12. The van der Waals surface area contributed by atoms with Crippen molar-refractivity contribution in [3.63, 3.8) is 0 Å². The minimum Gasteiger partial charge on any atom is -0.383 e. The molecule has 2 rings (SSSR count). The minimum atomic E-state index is -0.203. The van der Waals surface area contributed by atoms with Gasteiger partial charge in [-0.05, 0) is 0 Å². The number of amides is 1.